The second-order valence-electron chi connectivity index (χ2n) is 2.67. The van der Waals surface area contributed by atoms with Crippen molar-refractivity contribution in [1.29, 1.82) is 0 Å². The summed E-state index contributed by atoms with van der Waals surface area (Å²) in [5.74, 6) is 1.86. The smallest absolute Gasteiger partial charge is 0.0940 e. The van der Waals surface area contributed by atoms with E-state index < -0.39 is 0 Å². The maximum atomic E-state index is 5.66. The Kier molecular flexibility index (Phi) is 6.42. The van der Waals surface area contributed by atoms with Crippen LogP contribution in [0.4, 0.5) is 0 Å². The summed E-state index contributed by atoms with van der Waals surface area (Å²) in [6, 6.07) is 0.372. The van der Waals surface area contributed by atoms with E-state index >= 15 is 0 Å². The summed E-state index contributed by atoms with van der Waals surface area (Å²) in [5, 5.41) is 0. The van der Waals surface area contributed by atoms with Gasteiger partial charge in [-0.05, 0) is 19.6 Å². The summed E-state index contributed by atoms with van der Waals surface area (Å²) in [6.45, 7) is 4.21. The Hall–Kier alpha value is -0.180. The Morgan fingerprint density at radius 3 is 2.73 bits per heavy atom. The quantitative estimate of drug-likeness (QED) is 0.510. The van der Waals surface area contributed by atoms with Gasteiger partial charge in [0.05, 0.1) is 11.9 Å². The van der Waals surface area contributed by atoms with Crippen molar-refractivity contribution in [3.8, 4) is 0 Å². The molecule has 0 saturated carbocycles. The van der Waals surface area contributed by atoms with Gasteiger partial charge in [0, 0.05) is 12.2 Å². The number of amidine groups is 1. The number of rotatable bonds is 5. The summed E-state index contributed by atoms with van der Waals surface area (Å²) in [7, 11) is 0. The van der Waals surface area contributed by atoms with Crippen molar-refractivity contribution < 1.29 is 0 Å². The minimum Gasteiger partial charge on any atom is -0.387 e. The minimum atomic E-state index is 0.372. The molecule has 0 rings (SSSR count). The Balaban J connectivity index is 3.66. The summed E-state index contributed by atoms with van der Waals surface area (Å²) in [6.07, 6.45) is 4.10. The molecule has 11 heavy (non-hydrogen) atoms. The lowest BCUT2D eigenvalue weighted by Gasteiger charge is -2.04. The average Bonchev–Trinajstić information content (AvgIpc) is 1.87. The van der Waals surface area contributed by atoms with Crippen molar-refractivity contribution in [2.45, 2.75) is 32.7 Å². The second-order valence-corrected chi connectivity index (χ2v) is 3.59. The highest BCUT2D eigenvalue weighted by Gasteiger charge is 1.97. The average molecular weight is 174 g/mol. The fourth-order valence-electron chi connectivity index (χ4n) is 0.882. The molecular weight excluding hydrogens is 156 g/mol. The summed E-state index contributed by atoms with van der Waals surface area (Å²) in [5.41, 5.74) is 5.66. The fraction of sp³-hybridized carbons (Fsp3) is 0.875. The molecule has 0 spiro atoms. The van der Waals surface area contributed by atoms with Crippen LogP contribution in [0, 0.1) is 0 Å². The van der Waals surface area contributed by atoms with Crippen LogP contribution in [0.15, 0.2) is 4.99 Å². The standard InChI is InChI=1S/C8H18N2S/c1-4-5-8(9)10-7(2)6-11-3/h7H,4-6H2,1-3H3,(H2,9,10). The van der Waals surface area contributed by atoms with Crippen LogP contribution in [0.5, 0.6) is 0 Å². The van der Waals surface area contributed by atoms with Crippen molar-refractivity contribution in [2.75, 3.05) is 12.0 Å². The lowest BCUT2D eigenvalue weighted by atomic mass is 10.3. The van der Waals surface area contributed by atoms with Crippen LogP contribution < -0.4 is 5.73 Å². The molecular formula is C8H18N2S. The highest BCUT2D eigenvalue weighted by atomic mass is 32.2. The molecule has 0 saturated heterocycles. The van der Waals surface area contributed by atoms with Gasteiger partial charge in [-0.15, -0.1) is 0 Å². The largest absolute Gasteiger partial charge is 0.387 e. The molecule has 0 bridgehead atoms. The van der Waals surface area contributed by atoms with Crippen LogP contribution in [0.25, 0.3) is 0 Å². The molecule has 1 atom stereocenters. The monoisotopic (exact) mass is 174 g/mol. The molecule has 0 radical (unpaired) electrons. The molecule has 0 aliphatic carbocycles. The predicted molar refractivity (Wildman–Crippen MR) is 54.4 cm³/mol. The van der Waals surface area contributed by atoms with Gasteiger partial charge in [-0.2, -0.15) is 11.8 Å². The lowest BCUT2D eigenvalue weighted by molar-refractivity contribution is 0.832. The van der Waals surface area contributed by atoms with Crippen molar-refractivity contribution >= 4 is 17.6 Å². The van der Waals surface area contributed by atoms with Crippen molar-refractivity contribution in [3.05, 3.63) is 0 Å². The maximum Gasteiger partial charge on any atom is 0.0940 e. The Morgan fingerprint density at radius 2 is 2.27 bits per heavy atom. The topological polar surface area (TPSA) is 38.4 Å². The first-order valence-corrected chi connectivity index (χ1v) is 5.41. The zero-order valence-electron chi connectivity index (χ0n) is 7.63. The first-order valence-electron chi connectivity index (χ1n) is 4.01. The van der Waals surface area contributed by atoms with Crippen LogP contribution in [0.3, 0.4) is 0 Å². The fourth-order valence-corrected chi connectivity index (χ4v) is 1.44. The molecule has 2 nitrogen and oxygen atoms in total. The summed E-state index contributed by atoms with van der Waals surface area (Å²) >= 11 is 1.81. The van der Waals surface area contributed by atoms with Gasteiger partial charge >= 0.3 is 0 Å². The van der Waals surface area contributed by atoms with E-state index in [1.165, 1.54) is 0 Å². The van der Waals surface area contributed by atoms with Gasteiger partial charge in [0.25, 0.3) is 0 Å². The number of hydrogen-bond acceptors (Lipinski definition) is 2. The van der Waals surface area contributed by atoms with Gasteiger partial charge in [-0.25, -0.2) is 0 Å². The molecule has 0 aromatic rings. The highest BCUT2D eigenvalue weighted by molar-refractivity contribution is 7.98. The van der Waals surface area contributed by atoms with Gasteiger partial charge < -0.3 is 5.73 Å². The zero-order valence-corrected chi connectivity index (χ0v) is 8.45. The Bertz CT molecular complexity index is 123. The van der Waals surface area contributed by atoms with Gasteiger partial charge in [-0.3, -0.25) is 4.99 Å². The molecule has 0 aliphatic rings. The van der Waals surface area contributed by atoms with Gasteiger partial charge in [0.15, 0.2) is 0 Å². The number of aliphatic imine (C=N–C) groups is 1. The van der Waals surface area contributed by atoms with E-state index in [9.17, 15) is 0 Å². The van der Waals surface area contributed by atoms with Crippen LogP contribution in [-0.4, -0.2) is 23.9 Å². The number of hydrogen-bond donors (Lipinski definition) is 1. The van der Waals surface area contributed by atoms with Gasteiger partial charge in [0.2, 0.25) is 0 Å². The van der Waals surface area contributed by atoms with Crippen LogP contribution >= 0.6 is 11.8 Å². The third-order valence-electron chi connectivity index (χ3n) is 1.30. The first kappa shape index (κ1) is 10.8. The van der Waals surface area contributed by atoms with Crippen molar-refractivity contribution in [3.63, 3.8) is 0 Å². The Morgan fingerprint density at radius 1 is 1.64 bits per heavy atom. The molecule has 0 heterocycles. The summed E-state index contributed by atoms with van der Waals surface area (Å²) < 4.78 is 0. The van der Waals surface area contributed by atoms with Crippen molar-refractivity contribution in [1.82, 2.24) is 0 Å². The van der Waals surface area contributed by atoms with Crippen LogP contribution in [-0.2, 0) is 0 Å². The molecule has 0 aromatic heterocycles. The normalized spacial score (nSPS) is 15.0. The van der Waals surface area contributed by atoms with Crippen LogP contribution in [0.2, 0.25) is 0 Å². The zero-order chi connectivity index (χ0) is 8.69. The van der Waals surface area contributed by atoms with E-state index in [1.54, 1.807) is 0 Å². The van der Waals surface area contributed by atoms with E-state index in [1.807, 2.05) is 11.8 Å². The van der Waals surface area contributed by atoms with Gasteiger partial charge in [0.1, 0.15) is 0 Å². The van der Waals surface area contributed by atoms with Gasteiger partial charge in [-0.1, -0.05) is 6.92 Å². The van der Waals surface area contributed by atoms with E-state index in [0.717, 1.165) is 24.4 Å². The number of nitrogens with zero attached hydrogens (tertiary/aromatic N) is 1. The first-order chi connectivity index (χ1) is 5.20. The number of thioether (sulfide) groups is 1. The third-order valence-corrected chi connectivity index (χ3v) is 2.12. The SMILES string of the molecule is CCCC(N)=NC(C)CSC. The second kappa shape index (κ2) is 6.53. The molecule has 0 amide bonds. The Labute approximate surface area is 73.7 Å². The summed E-state index contributed by atoms with van der Waals surface area (Å²) in [4.78, 5) is 4.33. The lowest BCUT2D eigenvalue weighted by Crippen LogP contribution is -2.15. The molecule has 0 aromatic carbocycles. The van der Waals surface area contributed by atoms with Crippen molar-refractivity contribution in [2.24, 2.45) is 10.7 Å². The van der Waals surface area contributed by atoms with E-state index in [0.29, 0.717) is 6.04 Å². The highest BCUT2D eigenvalue weighted by Crippen LogP contribution is 2.01. The predicted octanol–water partition coefficient (Wildman–Crippen LogP) is 1.90. The molecule has 0 fully saturated rings. The third kappa shape index (κ3) is 6.23. The van der Waals surface area contributed by atoms with Crippen LogP contribution in [0.1, 0.15) is 26.7 Å². The van der Waals surface area contributed by atoms with E-state index in [-0.39, 0.29) is 0 Å². The minimum absolute atomic E-state index is 0.372. The molecule has 0 aliphatic heterocycles. The molecule has 1 unspecified atom stereocenters. The molecule has 66 valence electrons. The number of nitrogens with two attached hydrogens (primary N) is 1. The maximum absolute atomic E-state index is 5.66. The molecule has 2 N–H and O–H groups in total. The van der Waals surface area contributed by atoms with E-state index in [2.05, 4.69) is 25.1 Å². The van der Waals surface area contributed by atoms with E-state index in [4.69, 9.17) is 5.73 Å². The molecule has 3 heteroatoms.